The van der Waals surface area contributed by atoms with Crippen molar-refractivity contribution in [3.63, 3.8) is 0 Å². The number of piperazine rings is 1. The zero-order chi connectivity index (χ0) is 18.8. The lowest BCUT2D eigenvalue weighted by Gasteiger charge is -2.34. The predicted octanol–water partition coefficient (Wildman–Crippen LogP) is 2.37. The average Bonchev–Trinajstić information content (AvgIpc) is 3.38. The predicted molar refractivity (Wildman–Crippen MR) is 98.8 cm³/mol. The number of aromatic nitrogens is 2. The molecule has 0 aliphatic carbocycles. The van der Waals surface area contributed by atoms with Crippen LogP contribution in [0.15, 0.2) is 59.5 Å². The molecule has 1 aliphatic rings. The van der Waals surface area contributed by atoms with E-state index >= 15 is 0 Å². The summed E-state index contributed by atoms with van der Waals surface area (Å²) in [6, 6.07) is 11.4. The molecular weight excluding hydrogens is 344 g/mol. The first-order valence-corrected chi connectivity index (χ1v) is 8.86. The van der Waals surface area contributed by atoms with Crippen molar-refractivity contribution in [2.75, 3.05) is 26.2 Å². The Labute approximate surface area is 156 Å². The van der Waals surface area contributed by atoms with Crippen LogP contribution >= 0.6 is 0 Å². The molecule has 3 heterocycles. The van der Waals surface area contributed by atoms with Gasteiger partial charge >= 0.3 is 0 Å². The van der Waals surface area contributed by atoms with Crippen molar-refractivity contribution in [3.05, 3.63) is 71.9 Å². The van der Waals surface area contributed by atoms with Crippen LogP contribution in [-0.4, -0.2) is 57.6 Å². The average molecular weight is 364 g/mol. The van der Waals surface area contributed by atoms with E-state index in [0.29, 0.717) is 37.3 Å². The van der Waals surface area contributed by atoms with E-state index in [9.17, 15) is 9.59 Å². The summed E-state index contributed by atoms with van der Waals surface area (Å²) >= 11 is 0. The molecule has 0 spiro atoms. The van der Waals surface area contributed by atoms with Gasteiger partial charge in [-0.3, -0.25) is 9.59 Å². The lowest BCUT2D eigenvalue weighted by molar-refractivity contribution is 0.0534. The fraction of sp³-hybridized carbons (Fsp3) is 0.250. The summed E-state index contributed by atoms with van der Waals surface area (Å²) < 4.78 is 6.74. The van der Waals surface area contributed by atoms with Crippen molar-refractivity contribution >= 4 is 11.8 Å². The number of rotatable bonds is 3. The number of hydrogen-bond donors (Lipinski definition) is 0. The lowest BCUT2D eigenvalue weighted by atomic mass is 10.2. The molecule has 0 saturated carbocycles. The minimum Gasteiger partial charge on any atom is -0.472 e. The van der Waals surface area contributed by atoms with Gasteiger partial charge in [0, 0.05) is 26.2 Å². The number of hydrogen-bond acceptors (Lipinski definition) is 4. The number of furan rings is 1. The number of para-hydroxylation sites is 1. The van der Waals surface area contributed by atoms with E-state index in [1.165, 1.54) is 12.5 Å². The third-order valence-electron chi connectivity index (χ3n) is 4.86. The minimum atomic E-state index is -0.0658. The molecule has 7 nitrogen and oxygen atoms in total. The highest BCUT2D eigenvalue weighted by Crippen LogP contribution is 2.17. The van der Waals surface area contributed by atoms with Crippen LogP contribution in [0.2, 0.25) is 0 Å². The second-order valence-electron chi connectivity index (χ2n) is 6.49. The summed E-state index contributed by atoms with van der Waals surface area (Å²) in [7, 11) is 0. The third kappa shape index (κ3) is 3.23. The fourth-order valence-corrected chi connectivity index (χ4v) is 3.30. The van der Waals surface area contributed by atoms with Gasteiger partial charge in [-0.05, 0) is 25.1 Å². The molecule has 138 valence electrons. The Balaban J connectivity index is 1.44. The van der Waals surface area contributed by atoms with E-state index < -0.39 is 0 Å². The molecule has 7 heteroatoms. The number of amides is 2. The molecule has 2 aromatic heterocycles. The van der Waals surface area contributed by atoms with Crippen molar-refractivity contribution in [3.8, 4) is 5.69 Å². The topological polar surface area (TPSA) is 71.6 Å². The highest BCUT2D eigenvalue weighted by atomic mass is 16.3. The van der Waals surface area contributed by atoms with Crippen molar-refractivity contribution < 1.29 is 14.0 Å². The van der Waals surface area contributed by atoms with E-state index in [-0.39, 0.29) is 11.8 Å². The first kappa shape index (κ1) is 17.1. The first-order chi connectivity index (χ1) is 13.1. The summed E-state index contributed by atoms with van der Waals surface area (Å²) in [6.07, 6.45) is 4.55. The van der Waals surface area contributed by atoms with E-state index in [1.54, 1.807) is 26.7 Å². The van der Waals surface area contributed by atoms with Gasteiger partial charge in [0.2, 0.25) is 0 Å². The molecule has 1 aromatic carbocycles. The van der Waals surface area contributed by atoms with Crippen LogP contribution in [0.25, 0.3) is 5.69 Å². The highest BCUT2D eigenvalue weighted by Gasteiger charge is 2.27. The van der Waals surface area contributed by atoms with Crippen molar-refractivity contribution in [2.24, 2.45) is 0 Å². The third-order valence-corrected chi connectivity index (χ3v) is 4.86. The van der Waals surface area contributed by atoms with Gasteiger partial charge in [-0.1, -0.05) is 18.2 Å². The largest absolute Gasteiger partial charge is 0.472 e. The SMILES string of the molecule is Cc1c(C(=O)N2CCN(C(=O)c3ccoc3)CC2)cnn1-c1ccccc1. The van der Waals surface area contributed by atoms with Crippen molar-refractivity contribution in [1.82, 2.24) is 19.6 Å². The highest BCUT2D eigenvalue weighted by molar-refractivity contribution is 5.96. The van der Waals surface area contributed by atoms with E-state index in [0.717, 1.165) is 11.4 Å². The molecule has 1 fully saturated rings. The van der Waals surface area contributed by atoms with Gasteiger partial charge in [-0.15, -0.1) is 0 Å². The number of carbonyl (C=O) groups is 2. The molecular formula is C20H20N4O3. The van der Waals surface area contributed by atoms with Crippen molar-refractivity contribution in [2.45, 2.75) is 6.92 Å². The zero-order valence-electron chi connectivity index (χ0n) is 15.0. The zero-order valence-corrected chi connectivity index (χ0v) is 15.0. The standard InChI is InChI=1S/C20H20N4O3/c1-15-18(13-21-24(15)17-5-3-2-4-6-17)20(26)23-10-8-22(9-11-23)19(25)16-7-12-27-14-16/h2-7,12-14H,8-11H2,1H3. The molecule has 0 bridgehead atoms. The Bertz CT molecular complexity index is 939. The first-order valence-electron chi connectivity index (χ1n) is 8.86. The maximum Gasteiger partial charge on any atom is 0.257 e. The number of carbonyl (C=O) groups excluding carboxylic acids is 2. The Morgan fingerprint density at radius 1 is 0.963 bits per heavy atom. The quantitative estimate of drug-likeness (QED) is 0.715. The van der Waals surface area contributed by atoms with Crippen LogP contribution in [0.5, 0.6) is 0 Å². The van der Waals surface area contributed by atoms with Gasteiger partial charge in [0.05, 0.1) is 35.0 Å². The van der Waals surface area contributed by atoms with Gasteiger partial charge in [-0.25, -0.2) is 4.68 Å². The van der Waals surface area contributed by atoms with E-state index in [1.807, 2.05) is 37.3 Å². The maximum absolute atomic E-state index is 12.9. The molecule has 4 rings (SSSR count). The molecule has 1 aliphatic heterocycles. The smallest absolute Gasteiger partial charge is 0.257 e. The van der Waals surface area contributed by atoms with Crippen LogP contribution in [0.1, 0.15) is 26.4 Å². The monoisotopic (exact) mass is 364 g/mol. The molecule has 27 heavy (non-hydrogen) atoms. The molecule has 2 amide bonds. The molecule has 0 radical (unpaired) electrons. The van der Waals surface area contributed by atoms with Gasteiger partial charge < -0.3 is 14.2 Å². The van der Waals surface area contributed by atoms with Crippen LogP contribution < -0.4 is 0 Å². The number of nitrogens with zero attached hydrogens (tertiary/aromatic N) is 4. The van der Waals surface area contributed by atoms with Gasteiger partial charge in [0.15, 0.2) is 0 Å². The van der Waals surface area contributed by atoms with Gasteiger partial charge in [0.1, 0.15) is 6.26 Å². The van der Waals surface area contributed by atoms with E-state index in [4.69, 9.17) is 4.42 Å². The number of benzene rings is 1. The maximum atomic E-state index is 12.9. The molecule has 0 unspecified atom stereocenters. The van der Waals surface area contributed by atoms with E-state index in [2.05, 4.69) is 5.10 Å². The molecule has 1 saturated heterocycles. The van der Waals surface area contributed by atoms with Crippen LogP contribution in [0.4, 0.5) is 0 Å². The van der Waals surface area contributed by atoms with Crippen molar-refractivity contribution in [1.29, 1.82) is 0 Å². The van der Waals surface area contributed by atoms with Crippen LogP contribution in [0, 0.1) is 6.92 Å². The lowest BCUT2D eigenvalue weighted by Crippen LogP contribution is -2.50. The summed E-state index contributed by atoms with van der Waals surface area (Å²) in [5.74, 6) is -0.117. The summed E-state index contributed by atoms with van der Waals surface area (Å²) in [5.41, 5.74) is 2.86. The Hall–Kier alpha value is -3.35. The summed E-state index contributed by atoms with van der Waals surface area (Å²) in [5, 5.41) is 4.37. The molecule has 0 N–H and O–H groups in total. The Morgan fingerprint density at radius 2 is 1.63 bits per heavy atom. The van der Waals surface area contributed by atoms with Gasteiger partial charge in [-0.2, -0.15) is 5.10 Å². The van der Waals surface area contributed by atoms with Gasteiger partial charge in [0.25, 0.3) is 11.8 Å². The molecule has 0 atom stereocenters. The second-order valence-corrected chi connectivity index (χ2v) is 6.49. The molecule has 3 aromatic rings. The summed E-state index contributed by atoms with van der Waals surface area (Å²) in [4.78, 5) is 28.8. The minimum absolute atomic E-state index is 0.0508. The fourth-order valence-electron chi connectivity index (χ4n) is 3.30. The van der Waals surface area contributed by atoms with Crippen LogP contribution in [0.3, 0.4) is 0 Å². The Kier molecular flexibility index (Phi) is 4.50. The summed E-state index contributed by atoms with van der Waals surface area (Å²) in [6.45, 7) is 3.89. The van der Waals surface area contributed by atoms with Crippen LogP contribution in [-0.2, 0) is 0 Å². The Morgan fingerprint density at radius 3 is 2.26 bits per heavy atom. The second kappa shape index (κ2) is 7.11. The normalized spacial score (nSPS) is 14.4.